The lowest BCUT2D eigenvalue weighted by Gasteiger charge is -2.12. The molecule has 10 heteroatoms. The lowest BCUT2D eigenvalue weighted by Crippen LogP contribution is -2.08. The molecule has 7 nitrogen and oxygen atoms in total. The summed E-state index contributed by atoms with van der Waals surface area (Å²) in [5.74, 6) is -4.45. The molecule has 33 heavy (non-hydrogen) atoms. The molecule has 4 rings (SSSR count). The van der Waals surface area contributed by atoms with Crippen LogP contribution in [-0.2, 0) is 11.3 Å². The van der Waals surface area contributed by atoms with Crippen LogP contribution in [0.4, 0.5) is 18.9 Å². The van der Waals surface area contributed by atoms with E-state index in [1.807, 2.05) is 0 Å². The molecule has 0 atom stereocenters. The van der Waals surface area contributed by atoms with Crippen LogP contribution >= 0.6 is 0 Å². The van der Waals surface area contributed by atoms with Gasteiger partial charge in [0.25, 0.3) is 5.89 Å². The first-order chi connectivity index (χ1) is 15.9. The van der Waals surface area contributed by atoms with E-state index in [-0.39, 0.29) is 35.2 Å². The smallest absolute Gasteiger partial charge is 0.339 e. The van der Waals surface area contributed by atoms with Crippen molar-refractivity contribution in [2.45, 2.75) is 6.54 Å². The van der Waals surface area contributed by atoms with Crippen LogP contribution in [0.15, 0.2) is 59.1 Å². The summed E-state index contributed by atoms with van der Waals surface area (Å²) in [6, 6.07) is 12.2. The first-order valence-electron chi connectivity index (χ1n) is 9.59. The molecule has 0 aliphatic carbocycles. The molecular weight excluding hydrogens is 439 g/mol. The predicted molar refractivity (Wildman–Crippen MR) is 112 cm³/mol. The molecule has 168 valence electrons. The van der Waals surface area contributed by atoms with Gasteiger partial charge in [0.05, 0.1) is 12.7 Å². The fraction of sp³-hybridized carbons (Fsp3) is 0.0870. The van der Waals surface area contributed by atoms with Crippen LogP contribution < -0.4 is 5.32 Å². The minimum absolute atomic E-state index is 0.0533. The van der Waals surface area contributed by atoms with Gasteiger partial charge >= 0.3 is 5.97 Å². The van der Waals surface area contributed by atoms with E-state index in [4.69, 9.17) is 9.26 Å². The van der Waals surface area contributed by atoms with E-state index in [9.17, 15) is 23.1 Å². The van der Waals surface area contributed by atoms with Crippen molar-refractivity contribution in [2.75, 3.05) is 12.4 Å². The molecule has 0 saturated carbocycles. The molecule has 0 spiro atoms. The fourth-order valence-electron chi connectivity index (χ4n) is 3.06. The van der Waals surface area contributed by atoms with Crippen LogP contribution in [0.2, 0.25) is 0 Å². The molecule has 0 unspecified atom stereocenters. The third kappa shape index (κ3) is 4.64. The molecule has 4 aromatic rings. The summed E-state index contributed by atoms with van der Waals surface area (Å²) in [4.78, 5) is 16.3. The Morgan fingerprint density at radius 2 is 1.73 bits per heavy atom. The van der Waals surface area contributed by atoms with E-state index in [1.54, 1.807) is 24.3 Å². The molecule has 3 aromatic carbocycles. The zero-order valence-corrected chi connectivity index (χ0v) is 17.1. The number of carbonyl (C=O) groups excluding carboxylic acids is 1. The number of hydrogen-bond donors (Lipinski definition) is 2. The number of nitrogens with one attached hydrogen (secondary N) is 1. The number of phenolic OH excluding ortho intramolecular Hbond substituents is 1. The first-order valence-corrected chi connectivity index (χ1v) is 9.59. The Kier molecular flexibility index (Phi) is 5.99. The van der Waals surface area contributed by atoms with Crippen molar-refractivity contribution in [3.05, 3.63) is 83.2 Å². The molecule has 1 aromatic heterocycles. The molecule has 0 radical (unpaired) electrons. The molecule has 2 N–H and O–H groups in total. The van der Waals surface area contributed by atoms with Crippen LogP contribution in [-0.4, -0.2) is 28.3 Å². The van der Waals surface area contributed by atoms with Gasteiger partial charge in [0.2, 0.25) is 5.82 Å². The number of nitrogens with zero attached hydrogens (tertiary/aromatic N) is 2. The summed E-state index contributed by atoms with van der Waals surface area (Å²) < 4.78 is 50.4. The number of esters is 1. The highest BCUT2D eigenvalue weighted by molar-refractivity contribution is 5.96. The SMILES string of the molecule is COC(=O)c1ccc(-c2noc(-c3cc(F)c(O)c(F)c3)n2)cc1NCc1ccc(F)cc1. The molecule has 0 fully saturated rings. The maximum atomic E-state index is 13.7. The summed E-state index contributed by atoms with van der Waals surface area (Å²) in [5.41, 5.74) is 1.81. The fourth-order valence-corrected chi connectivity index (χ4v) is 3.06. The van der Waals surface area contributed by atoms with Gasteiger partial charge in [-0.25, -0.2) is 18.0 Å². The van der Waals surface area contributed by atoms with Gasteiger partial charge in [-0.15, -0.1) is 0 Å². The highest BCUT2D eigenvalue weighted by Crippen LogP contribution is 2.30. The highest BCUT2D eigenvalue weighted by atomic mass is 19.1. The molecule has 0 aliphatic heterocycles. The Labute approximate surface area is 185 Å². The van der Waals surface area contributed by atoms with Gasteiger partial charge in [-0.1, -0.05) is 23.4 Å². The number of ether oxygens (including phenoxy) is 1. The van der Waals surface area contributed by atoms with Gasteiger partial charge in [0, 0.05) is 23.4 Å². The number of anilines is 1. The van der Waals surface area contributed by atoms with Crippen molar-refractivity contribution in [3.63, 3.8) is 0 Å². The Morgan fingerprint density at radius 1 is 1.03 bits per heavy atom. The topological polar surface area (TPSA) is 97.5 Å². The van der Waals surface area contributed by atoms with E-state index in [1.165, 1.54) is 25.3 Å². The number of methoxy groups -OCH3 is 1. The van der Waals surface area contributed by atoms with Gasteiger partial charge < -0.3 is 19.7 Å². The first kappa shape index (κ1) is 21.9. The molecule has 0 amide bonds. The number of halogens is 3. The van der Waals surface area contributed by atoms with Crippen molar-refractivity contribution in [2.24, 2.45) is 0 Å². The van der Waals surface area contributed by atoms with Crippen LogP contribution in [0, 0.1) is 17.5 Å². The van der Waals surface area contributed by atoms with Gasteiger partial charge in [-0.3, -0.25) is 0 Å². The van der Waals surface area contributed by atoms with Crippen LogP contribution in [0.25, 0.3) is 22.8 Å². The molecule has 0 aliphatic rings. The van der Waals surface area contributed by atoms with Gasteiger partial charge in [-0.2, -0.15) is 4.98 Å². The van der Waals surface area contributed by atoms with Crippen molar-refractivity contribution in [3.8, 4) is 28.6 Å². The second-order valence-corrected chi connectivity index (χ2v) is 6.94. The highest BCUT2D eigenvalue weighted by Gasteiger charge is 2.18. The number of benzene rings is 3. The standard InChI is InChI=1S/C23H16F3N3O4/c1-32-23(31)16-7-4-13(10-19(16)27-11-12-2-5-15(24)6-3-12)21-28-22(33-29-21)14-8-17(25)20(30)18(26)9-14/h2-10,27,30H,11H2,1H3. The molecule has 0 bridgehead atoms. The quantitative estimate of drug-likeness (QED) is 0.398. The number of carbonyl (C=O) groups is 1. The van der Waals surface area contributed by atoms with Crippen molar-refractivity contribution >= 4 is 11.7 Å². The Hall–Kier alpha value is -4.34. The largest absolute Gasteiger partial charge is 0.503 e. The van der Waals surface area contributed by atoms with Crippen molar-refractivity contribution < 1.29 is 32.3 Å². The maximum absolute atomic E-state index is 13.7. The second-order valence-electron chi connectivity index (χ2n) is 6.94. The third-order valence-electron chi connectivity index (χ3n) is 4.77. The lowest BCUT2D eigenvalue weighted by molar-refractivity contribution is 0.0602. The molecule has 0 saturated heterocycles. The Bertz CT molecular complexity index is 1300. The van der Waals surface area contributed by atoms with E-state index < -0.39 is 23.4 Å². The third-order valence-corrected chi connectivity index (χ3v) is 4.77. The number of aromatic hydroxyl groups is 1. The van der Waals surface area contributed by atoms with Crippen LogP contribution in [0.3, 0.4) is 0 Å². The van der Waals surface area contributed by atoms with Crippen LogP contribution in [0.1, 0.15) is 15.9 Å². The summed E-state index contributed by atoms with van der Waals surface area (Å²) in [6.07, 6.45) is 0. The summed E-state index contributed by atoms with van der Waals surface area (Å²) in [7, 11) is 1.25. The Balaban J connectivity index is 1.65. The van der Waals surface area contributed by atoms with E-state index in [0.717, 1.165) is 17.7 Å². The minimum Gasteiger partial charge on any atom is -0.503 e. The number of rotatable bonds is 6. The predicted octanol–water partition coefficient (Wildman–Crippen LogP) is 4.93. The number of hydrogen-bond acceptors (Lipinski definition) is 7. The van der Waals surface area contributed by atoms with E-state index >= 15 is 0 Å². The number of aromatic nitrogens is 2. The van der Waals surface area contributed by atoms with Gasteiger partial charge in [0.15, 0.2) is 17.4 Å². The monoisotopic (exact) mass is 455 g/mol. The van der Waals surface area contributed by atoms with Crippen molar-refractivity contribution in [1.29, 1.82) is 0 Å². The van der Waals surface area contributed by atoms with Crippen molar-refractivity contribution in [1.82, 2.24) is 10.1 Å². The zero-order chi connectivity index (χ0) is 23.5. The summed E-state index contributed by atoms with van der Waals surface area (Å²) in [5, 5.41) is 16.2. The van der Waals surface area contributed by atoms with E-state index in [2.05, 4.69) is 15.5 Å². The summed E-state index contributed by atoms with van der Waals surface area (Å²) >= 11 is 0. The minimum atomic E-state index is -1.17. The number of phenols is 1. The normalized spacial score (nSPS) is 10.8. The van der Waals surface area contributed by atoms with E-state index in [0.29, 0.717) is 11.3 Å². The lowest BCUT2D eigenvalue weighted by atomic mass is 10.1. The second kappa shape index (κ2) is 9.03. The maximum Gasteiger partial charge on any atom is 0.339 e. The average molecular weight is 455 g/mol. The van der Waals surface area contributed by atoms with Gasteiger partial charge in [0.1, 0.15) is 5.82 Å². The van der Waals surface area contributed by atoms with Crippen LogP contribution in [0.5, 0.6) is 5.75 Å². The molecule has 1 heterocycles. The summed E-state index contributed by atoms with van der Waals surface area (Å²) in [6.45, 7) is 0.289. The zero-order valence-electron chi connectivity index (χ0n) is 17.1. The van der Waals surface area contributed by atoms with Gasteiger partial charge in [-0.05, 0) is 42.0 Å². The molecular formula is C23H16F3N3O4. The average Bonchev–Trinajstić information content (AvgIpc) is 3.31. The Morgan fingerprint density at radius 3 is 2.39 bits per heavy atom.